The summed E-state index contributed by atoms with van der Waals surface area (Å²) in [7, 11) is 0. The summed E-state index contributed by atoms with van der Waals surface area (Å²) < 4.78 is 5.39. The van der Waals surface area contributed by atoms with E-state index in [0.29, 0.717) is 11.1 Å². The zero-order valence-electron chi connectivity index (χ0n) is 14.9. The molecule has 3 rings (SSSR count). The molecule has 0 fully saturated rings. The number of nitriles is 1. The zero-order valence-corrected chi connectivity index (χ0v) is 15.6. The largest absolute Gasteiger partial charge is 0.459 e. The van der Waals surface area contributed by atoms with Crippen LogP contribution in [0.4, 0.5) is 0 Å². The molecule has 3 nitrogen and oxygen atoms in total. The van der Waals surface area contributed by atoms with Crippen molar-refractivity contribution in [2.75, 3.05) is 0 Å². The maximum absolute atomic E-state index is 12.5. The summed E-state index contributed by atoms with van der Waals surface area (Å²) >= 11 is 6.51. The van der Waals surface area contributed by atoms with Gasteiger partial charge < -0.3 is 4.74 Å². The molecule has 27 heavy (non-hydrogen) atoms. The van der Waals surface area contributed by atoms with E-state index < -0.39 is 10.8 Å². The molecule has 1 unspecified atom stereocenters. The van der Waals surface area contributed by atoms with Crippen molar-refractivity contribution >= 4 is 17.6 Å². The fourth-order valence-electron chi connectivity index (χ4n) is 2.69. The lowest BCUT2D eigenvalue weighted by molar-refractivity contribution is -0.148. The molecule has 0 aliphatic heterocycles. The van der Waals surface area contributed by atoms with Crippen LogP contribution in [0.3, 0.4) is 0 Å². The minimum atomic E-state index is -1.27. The van der Waals surface area contributed by atoms with Crippen molar-refractivity contribution in [2.45, 2.75) is 18.4 Å². The molecular formula is C23H18ClNO2. The van der Waals surface area contributed by atoms with Crippen molar-refractivity contribution in [1.82, 2.24) is 0 Å². The smallest absolute Gasteiger partial charge is 0.331 e. The van der Waals surface area contributed by atoms with Gasteiger partial charge in [-0.15, -0.1) is 11.6 Å². The Bertz CT molecular complexity index is 956. The molecule has 0 saturated heterocycles. The highest BCUT2D eigenvalue weighted by Crippen LogP contribution is 2.32. The SMILES string of the molecule is CC(Cl)(C(=O)OCc1ccccc1)c1ccc(-c2ccc(C#N)cc2)cc1. The molecule has 0 aliphatic rings. The number of ether oxygens (including phenoxy) is 1. The van der Waals surface area contributed by atoms with Crippen molar-refractivity contribution in [1.29, 1.82) is 5.26 Å². The molecule has 0 spiro atoms. The summed E-state index contributed by atoms with van der Waals surface area (Å²) in [6, 6.07) is 26.4. The van der Waals surface area contributed by atoms with E-state index in [1.165, 1.54) is 0 Å². The molecule has 0 bridgehead atoms. The number of nitrogens with zero attached hydrogens (tertiary/aromatic N) is 1. The molecule has 4 heteroatoms. The number of benzene rings is 3. The minimum absolute atomic E-state index is 0.186. The van der Waals surface area contributed by atoms with Gasteiger partial charge in [-0.25, -0.2) is 4.79 Å². The number of alkyl halides is 1. The maximum Gasteiger partial charge on any atom is 0.331 e. The van der Waals surface area contributed by atoms with E-state index in [0.717, 1.165) is 16.7 Å². The second kappa shape index (κ2) is 8.07. The predicted octanol–water partition coefficient (Wildman–Crippen LogP) is 5.42. The molecule has 3 aromatic rings. The second-order valence-electron chi connectivity index (χ2n) is 6.33. The van der Waals surface area contributed by atoms with Crippen molar-refractivity contribution in [3.63, 3.8) is 0 Å². The van der Waals surface area contributed by atoms with Gasteiger partial charge in [0.25, 0.3) is 0 Å². The maximum atomic E-state index is 12.5. The van der Waals surface area contributed by atoms with Crippen molar-refractivity contribution in [3.05, 3.63) is 95.6 Å². The third kappa shape index (κ3) is 4.36. The van der Waals surface area contributed by atoms with E-state index >= 15 is 0 Å². The lowest BCUT2D eigenvalue weighted by atomic mass is 9.96. The van der Waals surface area contributed by atoms with Crippen LogP contribution in [0.1, 0.15) is 23.6 Å². The van der Waals surface area contributed by atoms with Crippen LogP contribution in [0, 0.1) is 11.3 Å². The van der Waals surface area contributed by atoms with Gasteiger partial charge in [-0.2, -0.15) is 5.26 Å². The Morgan fingerprint density at radius 1 is 0.963 bits per heavy atom. The van der Waals surface area contributed by atoms with Gasteiger partial charge in [0.05, 0.1) is 11.6 Å². The molecule has 0 saturated carbocycles. The quantitative estimate of drug-likeness (QED) is 0.441. The van der Waals surface area contributed by atoms with Crippen LogP contribution in [0.25, 0.3) is 11.1 Å². The van der Waals surface area contributed by atoms with Gasteiger partial charge in [0.2, 0.25) is 0 Å². The topological polar surface area (TPSA) is 50.1 Å². The minimum Gasteiger partial charge on any atom is -0.459 e. The monoisotopic (exact) mass is 375 g/mol. The Labute approximate surface area is 163 Å². The Hall–Kier alpha value is -3.09. The van der Waals surface area contributed by atoms with Gasteiger partial charge in [0.15, 0.2) is 4.87 Å². The number of rotatable bonds is 5. The fourth-order valence-corrected chi connectivity index (χ4v) is 2.87. The van der Waals surface area contributed by atoms with E-state index in [-0.39, 0.29) is 6.61 Å². The van der Waals surface area contributed by atoms with Gasteiger partial charge in [0.1, 0.15) is 6.61 Å². The highest BCUT2D eigenvalue weighted by molar-refractivity contribution is 6.33. The molecule has 0 N–H and O–H groups in total. The van der Waals surface area contributed by atoms with Gasteiger partial charge in [-0.1, -0.05) is 66.7 Å². The Morgan fingerprint density at radius 3 is 2.07 bits per heavy atom. The normalized spacial score (nSPS) is 12.6. The van der Waals surface area contributed by atoms with Gasteiger partial charge in [-0.3, -0.25) is 0 Å². The number of carbonyl (C=O) groups is 1. The number of hydrogen-bond acceptors (Lipinski definition) is 3. The number of hydrogen-bond donors (Lipinski definition) is 0. The lowest BCUT2D eigenvalue weighted by Gasteiger charge is -2.21. The number of esters is 1. The van der Waals surface area contributed by atoms with E-state index in [1.807, 2.05) is 66.7 Å². The van der Waals surface area contributed by atoms with E-state index in [9.17, 15) is 4.79 Å². The summed E-state index contributed by atoms with van der Waals surface area (Å²) in [5, 5.41) is 8.89. The Morgan fingerprint density at radius 2 is 1.52 bits per heavy atom. The highest BCUT2D eigenvalue weighted by Gasteiger charge is 2.34. The zero-order chi connectivity index (χ0) is 19.3. The second-order valence-corrected chi connectivity index (χ2v) is 7.09. The summed E-state index contributed by atoms with van der Waals surface area (Å²) in [4.78, 5) is 11.2. The first-order valence-electron chi connectivity index (χ1n) is 8.52. The molecular weight excluding hydrogens is 358 g/mol. The molecule has 0 radical (unpaired) electrons. The van der Waals surface area contributed by atoms with Crippen molar-refractivity contribution < 1.29 is 9.53 Å². The summed E-state index contributed by atoms with van der Waals surface area (Å²) in [6.45, 7) is 1.82. The van der Waals surface area contributed by atoms with Gasteiger partial charge >= 0.3 is 5.97 Å². The number of halogens is 1. The van der Waals surface area contributed by atoms with Crippen LogP contribution >= 0.6 is 11.6 Å². The van der Waals surface area contributed by atoms with Crippen LogP contribution in [0.5, 0.6) is 0 Å². The van der Waals surface area contributed by atoms with Gasteiger partial charge in [-0.05, 0) is 41.3 Å². The molecule has 134 valence electrons. The molecule has 0 aromatic heterocycles. The average molecular weight is 376 g/mol. The average Bonchev–Trinajstić information content (AvgIpc) is 2.73. The first-order chi connectivity index (χ1) is 13.0. The van der Waals surface area contributed by atoms with Crippen LogP contribution in [0.2, 0.25) is 0 Å². The molecule has 0 amide bonds. The summed E-state index contributed by atoms with van der Waals surface area (Å²) in [6.07, 6.45) is 0. The van der Waals surface area contributed by atoms with Gasteiger partial charge in [0, 0.05) is 0 Å². The molecule has 0 heterocycles. The lowest BCUT2D eigenvalue weighted by Crippen LogP contribution is -2.28. The highest BCUT2D eigenvalue weighted by atomic mass is 35.5. The standard InChI is InChI=1S/C23H18ClNO2/c1-23(24,22(26)27-16-18-5-3-2-4-6-18)21-13-11-20(12-14-21)19-9-7-17(15-25)8-10-19/h2-14H,16H2,1H3. The molecule has 1 atom stereocenters. The first-order valence-corrected chi connectivity index (χ1v) is 8.89. The number of carbonyl (C=O) groups excluding carboxylic acids is 1. The van der Waals surface area contributed by atoms with Crippen LogP contribution < -0.4 is 0 Å². The van der Waals surface area contributed by atoms with E-state index in [4.69, 9.17) is 21.6 Å². The third-order valence-corrected chi connectivity index (χ3v) is 4.74. The van der Waals surface area contributed by atoms with Crippen molar-refractivity contribution in [3.8, 4) is 17.2 Å². The van der Waals surface area contributed by atoms with E-state index in [2.05, 4.69) is 6.07 Å². The first kappa shape index (κ1) is 18.7. The molecule has 0 aliphatic carbocycles. The van der Waals surface area contributed by atoms with Crippen LogP contribution in [-0.2, 0) is 21.0 Å². The third-order valence-electron chi connectivity index (χ3n) is 4.37. The Balaban J connectivity index is 1.72. The summed E-state index contributed by atoms with van der Waals surface area (Å²) in [5.74, 6) is -0.487. The van der Waals surface area contributed by atoms with Crippen LogP contribution in [-0.4, -0.2) is 5.97 Å². The predicted molar refractivity (Wildman–Crippen MR) is 106 cm³/mol. The Kier molecular flexibility index (Phi) is 5.59. The van der Waals surface area contributed by atoms with E-state index in [1.54, 1.807) is 19.1 Å². The fraction of sp³-hybridized carbons (Fsp3) is 0.130. The summed E-state index contributed by atoms with van der Waals surface area (Å²) in [5.41, 5.74) is 4.16. The van der Waals surface area contributed by atoms with Crippen molar-refractivity contribution in [2.24, 2.45) is 0 Å². The van der Waals surface area contributed by atoms with Crippen LogP contribution in [0.15, 0.2) is 78.9 Å². The molecule has 3 aromatic carbocycles.